The lowest BCUT2D eigenvalue weighted by Crippen LogP contribution is -2.22. The third-order valence-corrected chi connectivity index (χ3v) is 4.22. The summed E-state index contributed by atoms with van der Waals surface area (Å²) in [5, 5.41) is 0. The van der Waals surface area contributed by atoms with E-state index in [-0.39, 0.29) is 0 Å². The van der Waals surface area contributed by atoms with Crippen molar-refractivity contribution in [1.29, 1.82) is 0 Å². The lowest BCUT2D eigenvalue weighted by molar-refractivity contribution is 0.261. The van der Waals surface area contributed by atoms with E-state index < -0.39 is 0 Å². The van der Waals surface area contributed by atoms with Crippen molar-refractivity contribution >= 4 is 5.69 Å². The maximum atomic E-state index is 5.76. The highest BCUT2D eigenvalue weighted by molar-refractivity contribution is 5.56. The number of anilines is 1. The molecule has 0 saturated heterocycles. The van der Waals surface area contributed by atoms with Crippen LogP contribution in [0.25, 0.3) is 0 Å². The fourth-order valence-electron chi connectivity index (χ4n) is 2.66. The number of ether oxygens (including phenoxy) is 3. The molecule has 0 bridgehead atoms. The highest BCUT2D eigenvalue weighted by atomic mass is 16.5. The van der Waals surface area contributed by atoms with Crippen molar-refractivity contribution in [1.82, 2.24) is 4.90 Å². The van der Waals surface area contributed by atoms with Crippen LogP contribution >= 0.6 is 0 Å². The molecular weight excluding hydrogens is 328 g/mol. The van der Waals surface area contributed by atoms with E-state index in [1.807, 2.05) is 38.4 Å². The fraction of sp³-hybridized carbons (Fsp3) is 0.429. The van der Waals surface area contributed by atoms with Crippen LogP contribution in [0.1, 0.15) is 12.5 Å². The van der Waals surface area contributed by atoms with E-state index >= 15 is 0 Å². The van der Waals surface area contributed by atoms with Crippen molar-refractivity contribution in [3.63, 3.8) is 0 Å². The van der Waals surface area contributed by atoms with Crippen LogP contribution < -0.4 is 19.1 Å². The first-order chi connectivity index (χ1) is 12.6. The summed E-state index contributed by atoms with van der Waals surface area (Å²) in [5.74, 6) is 2.39. The highest BCUT2D eigenvalue weighted by Gasteiger charge is 2.10. The Hall–Kier alpha value is -2.40. The average Bonchev–Trinajstić information content (AvgIpc) is 2.66. The number of hydrogen-bond acceptors (Lipinski definition) is 5. The number of nitrogens with zero attached hydrogens (tertiary/aromatic N) is 2. The number of methoxy groups -OCH3 is 2. The molecule has 5 heteroatoms. The first kappa shape index (κ1) is 19.9. The summed E-state index contributed by atoms with van der Waals surface area (Å²) in [5.41, 5.74) is 2.35. The number of benzene rings is 2. The maximum absolute atomic E-state index is 5.76. The first-order valence-corrected chi connectivity index (χ1v) is 8.90. The second kappa shape index (κ2) is 9.92. The number of rotatable bonds is 10. The molecule has 0 aliphatic carbocycles. The summed E-state index contributed by atoms with van der Waals surface area (Å²) in [6.07, 6.45) is 0. The smallest absolute Gasteiger partial charge is 0.162 e. The largest absolute Gasteiger partial charge is 0.493 e. The molecule has 0 saturated carbocycles. The van der Waals surface area contributed by atoms with Gasteiger partial charge in [0.05, 0.1) is 14.2 Å². The highest BCUT2D eigenvalue weighted by Crippen LogP contribution is 2.32. The van der Waals surface area contributed by atoms with Crippen molar-refractivity contribution < 1.29 is 14.2 Å². The summed E-state index contributed by atoms with van der Waals surface area (Å²) < 4.78 is 16.5. The summed E-state index contributed by atoms with van der Waals surface area (Å²) >= 11 is 0. The molecule has 0 heterocycles. The third-order valence-electron chi connectivity index (χ3n) is 4.22. The zero-order valence-corrected chi connectivity index (χ0v) is 16.5. The fourth-order valence-corrected chi connectivity index (χ4v) is 2.66. The minimum Gasteiger partial charge on any atom is -0.493 e. The van der Waals surface area contributed by atoms with Crippen molar-refractivity contribution in [2.45, 2.75) is 13.5 Å². The summed E-state index contributed by atoms with van der Waals surface area (Å²) in [4.78, 5) is 4.40. The molecular formula is C21H30N2O3. The van der Waals surface area contributed by atoms with E-state index in [0.29, 0.717) is 6.61 Å². The molecule has 0 atom stereocenters. The van der Waals surface area contributed by atoms with Crippen LogP contribution in [0.5, 0.6) is 17.2 Å². The van der Waals surface area contributed by atoms with Crippen molar-refractivity contribution in [3.05, 3.63) is 48.0 Å². The van der Waals surface area contributed by atoms with Gasteiger partial charge in [-0.1, -0.05) is 12.1 Å². The topological polar surface area (TPSA) is 34.2 Å². The molecule has 26 heavy (non-hydrogen) atoms. The Morgan fingerprint density at radius 2 is 1.58 bits per heavy atom. The molecule has 0 fully saturated rings. The van der Waals surface area contributed by atoms with Gasteiger partial charge in [0.2, 0.25) is 0 Å². The summed E-state index contributed by atoms with van der Waals surface area (Å²) in [7, 11) is 7.39. The minimum absolute atomic E-state index is 0.694. The first-order valence-electron chi connectivity index (χ1n) is 8.90. The maximum Gasteiger partial charge on any atom is 0.162 e. The summed E-state index contributed by atoms with van der Waals surface area (Å²) in [6, 6.07) is 14.3. The predicted octanol–water partition coefficient (Wildman–Crippen LogP) is 3.67. The van der Waals surface area contributed by atoms with Gasteiger partial charge in [0, 0.05) is 31.4 Å². The second-order valence-electron chi connectivity index (χ2n) is 6.35. The molecule has 0 aliphatic rings. The Balaban J connectivity index is 2.03. The Morgan fingerprint density at radius 1 is 0.885 bits per heavy atom. The molecule has 0 amide bonds. The van der Waals surface area contributed by atoms with Crippen molar-refractivity contribution in [2.24, 2.45) is 0 Å². The molecule has 2 aromatic carbocycles. The van der Waals surface area contributed by atoms with Gasteiger partial charge in [0.25, 0.3) is 0 Å². The molecule has 0 unspecified atom stereocenters. The molecule has 0 spiro atoms. The van der Waals surface area contributed by atoms with E-state index in [4.69, 9.17) is 14.2 Å². The van der Waals surface area contributed by atoms with Crippen LogP contribution in [-0.4, -0.2) is 52.9 Å². The quantitative estimate of drug-likeness (QED) is 0.647. The van der Waals surface area contributed by atoms with Gasteiger partial charge in [-0.15, -0.1) is 0 Å². The Morgan fingerprint density at radius 3 is 2.15 bits per heavy atom. The predicted molar refractivity (Wildman–Crippen MR) is 107 cm³/mol. The van der Waals surface area contributed by atoms with Gasteiger partial charge in [-0.25, -0.2) is 0 Å². The molecule has 5 nitrogen and oxygen atoms in total. The molecule has 0 N–H and O–H groups in total. The van der Waals surface area contributed by atoms with Crippen LogP contribution in [0.3, 0.4) is 0 Å². The van der Waals surface area contributed by atoms with Crippen molar-refractivity contribution in [2.75, 3.05) is 52.9 Å². The van der Waals surface area contributed by atoms with Gasteiger partial charge >= 0.3 is 0 Å². The zero-order valence-electron chi connectivity index (χ0n) is 16.5. The minimum atomic E-state index is 0.694. The van der Waals surface area contributed by atoms with Gasteiger partial charge in [-0.05, 0) is 50.8 Å². The SMILES string of the molecule is CCN(Cc1ccc(OCCN(C)C)cc1)c1ccc(OC)c(OC)c1. The van der Waals surface area contributed by atoms with E-state index in [9.17, 15) is 0 Å². The monoisotopic (exact) mass is 358 g/mol. The van der Waals surface area contributed by atoms with Crippen LogP contribution in [-0.2, 0) is 6.54 Å². The molecule has 2 aromatic rings. The van der Waals surface area contributed by atoms with Gasteiger partial charge in [0.1, 0.15) is 12.4 Å². The number of likely N-dealkylation sites (N-methyl/N-ethyl adjacent to an activating group) is 1. The van der Waals surface area contributed by atoms with Crippen LogP contribution in [0, 0.1) is 0 Å². The molecule has 0 aliphatic heterocycles. The molecule has 142 valence electrons. The Labute approximate surface area is 157 Å². The van der Waals surface area contributed by atoms with Crippen LogP contribution in [0.15, 0.2) is 42.5 Å². The zero-order chi connectivity index (χ0) is 18.9. The van der Waals surface area contributed by atoms with Gasteiger partial charge in [-0.2, -0.15) is 0 Å². The Kier molecular flexibility index (Phi) is 7.60. The van der Waals surface area contributed by atoms with Gasteiger partial charge in [-0.3, -0.25) is 0 Å². The third kappa shape index (κ3) is 5.56. The van der Waals surface area contributed by atoms with E-state index in [1.165, 1.54) is 5.56 Å². The van der Waals surface area contributed by atoms with Crippen LogP contribution in [0.2, 0.25) is 0 Å². The van der Waals surface area contributed by atoms with Gasteiger partial charge < -0.3 is 24.0 Å². The van der Waals surface area contributed by atoms with E-state index in [2.05, 4.69) is 34.9 Å². The summed E-state index contributed by atoms with van der Waals surface area (Å²) in [6.45, 7) is 5.47. The second-order valence-corrected chi connectivity index (χ2v) is 6.35. The lowest BCUT2D eigenvalue weighted by atomic mass is 10.2. The Bertz CT molecular complexity index is 671. The molecule has 0 aromatic heterocycles. The average molecular weight is 358 g/mol. The molecule has 0 radical (unpaired) electrons. The van der Waals surface area contributed by atoms with Crippen molar-refractivity contribution in [3.8, 4) is 17.2 Å². The standard InChI is InChI=1S/C21H30N2O3/c1-6-23(18-9-12-20(24-4)21(15-18)25-5)16-17-7-10-19(11-8-17)26-14-13-22(2)3/h7-12,15H,6,13-14,16H2,1-5H3. The normalized spacial score (nSPS) is 10.7. The van der Waals surface area contributed by atoms with E-state index in [1.54, 1.807) is 14.2 Å². The lowest BCUT2D eigenvalue weighted by Gasteiger charge is -2.24. The van der Waals surface area contributed by atoms with Crippen LogP contribution in [0.4, 0.5) is 5.69 Å². The van der Waals surface area contributed by atoms with E-state index in [0.717, 1.165) is 42.6 Å². The number of hydrogen-bond donors (Lipinski definition) is 0. The van der Waals surface area contributed by atoms with Gasteiger partial charge in [0.15, 0.2) is 11.5 Å². The molecule has 2 rings (SSSR count).